The largest absolute Gasteiger partial charge is 0.361 e. The van der Waals surface area contributed by atoms with Gasteiger partial charge in [-0.15, -0.1) is 0 Å². The van der Waals surface area contributed by atoms with Crippen molar-refractivity contribution in [3.05, 3.63) is 17.0 Å². The van der Waals surface area contributed by atoms with Gasteiger partial charge in [0.05, 0.1) is 0 Å². The number of aromatic nitrogens is 1. The molecule has 0 bridgehead atoms. The maximum Gasteiger partial charge on any atom is 0.287 e. The van der Waals surface area contributed by atoms with E-state index in [4.69, 9.17) is 16.1 Å². The number of hydrazine groups is 1. The normalized spacial score (nSPS) is 9.92. The Labute approximate surface area is 68.9 Å². The number of amides is 1. The summed E-state index contributed by atoms with van der Waals surface area (Å²) in [4.78, 5) is 11.0. The summed E-state index contributed by atoms with van der Waals surface area (Å²) in [6, 6.07) is 0. The molecule has 0 saturated carbocycles. The van der Waals surface area contributed by atoms with E-state index in [1.165, 1.54) is 0 Å². The van der Waals surface area contributed by atoms with E-state index in [1.807, 2.05) is 5.43 Å². The summed E-state index contributed by atoms with van der Waals surface area (Å²) in [5.74, 6) is 4.96. The van der Waals surface area contributed by atoms with E-state index in [0.717, 1.165) is 0 Å². The molecule has 0 spiro atoms. The van der Waals surface area contributed by atoms with Crippen LogP contribution in [0.2, 0.25) is 0 Å². The van der Waals surface area contributed by atoms with Crippen molar-refractivity contribution in [1.29, 1.82) is 0 Å². The van der Waals surface area contributed by atoms with E-state index in [-0.39, 0.29) is 12.2 Å². The predicted molar refractivity (Wildman–Crippen MR) is 40.8 cm³/mol. The molecule has 1 aromatic heterocycles. The van der Waals surface area contributed by atoms with Crippen molar-refractivity contribution in [1.82, 2.24) is 10.6 Å². The molecule has 0 atom stereocenters. The van der Waals surface area contributed by atoms with Crippen molar-refractivity contribution >= 4 is 5.91 Å². The fourth-order valence-corrected chi connectivity index (χ4v) is 0.878. The lowest BCUT2D eigenvalue weighted by Gasteiger charge is -1.95. The van der Waals surface area contributed by atoms with E-state index >= 15 is 0 Å². The molecule has 1 aromatic rings. The minimum absolute atomic E-state index is 0.150. The third-order valence-electron chi connectivity index (χ3n) is 1.53. The molecule has 0 aromatic carbocycles. The molecule has 6 nitrogen and oxygen atoms in total. The third-order valence-corrected chi connectivity index (χ3v) is 1.53. The summed E-state index contributed by atoms with van der Waals surface area (Å²) >= 11 is 0. The van der Waals surface area contributed by atoms with Gasteiger partial charge in [0, 0.05) is 12.1 Å². The Balaban J connectivity index is 3.07. The van der Waals surface area contributed by atoms with Gasteiger partial charge in [0.25, 0.3) is 5.91 Å². The smallest absolute Gasteiger partial charge is 0.287 e. The molecule has 1 heterocycles. The van der Waals surface area contributed by atoms with Crippen LogP contribution < -0.4 is 17.0 Å². The van der Waals surface area contributed by atoms with Gasteiger partial charge in [-0.25, -0.2) is 5.84 Å². The van der Waals surface area contributed by atoms with Crippen LogP contribution in [0.3, 0.4) is 0 Å². The first-order chi connectivity index (χ1) is 5.70. The van der Waals surface area contributed by atoms with Crippen LogP contribution >= 0.6 is 0 Å². The molecule has 1 rings (SSSR count). The van der Waals surface area contributed by atoms with Crippen LogP contribution in [0.15, 0.2) is 4.52 Å². The molecule has 66 valence electrons. The molecule has 0 fully saturated rings. The Morgan fingerprint density at radius 1 is 1.75 bits per heavy atom. The van der Waals surface area contributed by atoms with Crippen LogP contribution in [-0.4, -0.2) is 11.1 Å². The molecular formula is C6H10N4O2. The van der Waals surface area contributed by atoms with Crippen LogP contribution in [0.4, 0.5) is 0 Å². The Morgan fingerprint density at radius 3 is 2.92 bits per heavy atom. The Morgan fingerprint density at radius 2 is 2.42 bits per heavy atom. The first-order valence-electron chi connectivity index (χ1n) is 3.36. The number of nitrogens with zero attached hydrogens (tertiary/aromatic N) is 1. The minimum atomic E-state index is -0.493. The van der Waals surface area contributed by atoms with E-state index < -0.39 is 5.91 Å². The quantitative estimate of drug-likeness (QED) is 0.301. The fourth-order valence-electron chi connectivity index (χ4n) is 0.878. The summed E-state index contributed by atoms with van der Waals surface area (Å²) in [5, 5.41) is 3.51. The highest BCUT2D eigenvalue weighted by Gasteiger charge is 2.16. The number of nitrogen functional groups attached to an aromatic ring is 1. The van der Waals surface area contributed by atoms with Crippen LogP contribution in [0.25, 0.3) is 0 Å². The molecular weight excluding hydrogens is 160 g/mol. The first kappa shape index (κ1) is 8.69. The number of nitrogens with two attached hydrogens (primary N) is 2. The first-order valence-corrected chi connectivity index (χ1v) is 3.36. The number of nitrogens with one attached hydrogen (secondary N) is 1. The van der Waals surface area contributed by atoms with Gasteiger partial charge in [-0.2, -0.15) is 0 Å². The van der Waals surface area contributed by atoms with Crippen molar-refractivity contribution in [2.45, 2.75) is 13.5 Å². The highest BCUT2D eigenvalue weighted by Crippen LogP contribution is 2.11. The maximum absolute atomic E-state index is 11.0. The van der Waals surface area contributed by atoms with E-state index in [9.17, 15) is 4.79 Å². The highest BCUT2D eigenvalue weighted by molar-refractivity contribution is 5.93. The molecule has 0 unspecified atom stereocenters. The molecule has 0 saturated heterocycles. The van der Waals surface area contributed by atoms with Crippen LogP contribution in [0.1, 0.15) is 21.8 Å². The standard InChI is InChI=1S/C6H10N4O2/c1-3-4(2-7)5(10-12-3)6(11)9-8/h2,7-8H2,1H3,(H,9,11). The number of rotatable bonds is 2. The van der Waals surface area contributed by atoms with E-state index in [1.54, 1.807) is 6.92 Å². The van der Waals surface area contributed by atoms with Crippen molar-refractivity contribution in [2.24, 2.45) is 11.6 Å². The lowest BCUT2D eigenvalue weighted by atomic mass is 10.2. The summed E-state index contributed by atoms with van der Waals surface area (Å²) in [7, 11) is 0. The number of hydrogen-bond donors (Lipinski definition) is 3. The van der Waals surface area contributed by atoms with Gasteiger partial charge in [0.2, 0.25) is 0 Å². The SMILES string of the molecule is Cc1onc(C(=O)NN)c1CN. The van der Waals surface area contributed by atoms with Crippen LogP contribution in [-0.2, 0) is 6.54 Å². The van der Waals surface area contributed by atoms with Gasteiger partial charge in [-0.3, -0.25) is 10.2 Å². The van der Waals surface area contributed by atoms with Crippen LogP contribution in [0.5, 0.6) is 0 Å². The second-order valence-electron chi connectivity index (χ2n) is 2.24. The summed E-state index contributed by atoms with van der Waals surface area (Å²) < 4.78 is 4.76. The molecule has 1 amide bonds. The van der Waals surface area contributed by atoms with Gasteiger partial charge in [-0.05, 0) is 6.92 Å². The third kappa shape index (κ3) is 1.29. The van der Waals surface area contributed by atoms with Crippen LogP contribution in [0, 0.1) is 6.92 Å². The predicted octanol–water partition coefficient (Wildman–Crippen LogP) is -0.955. The fraction of sp³-hybridized carbons (Fsp3) is 0.333. The lowest BCUT2D eigenvalue weighted by molar-refractivity contribution is 0.0944. The molecule has 0 aliphatic carbocycles. The van der Waals surface area contributed by atoms with Crippen molar-refractivity contribution in [2.75, 3.05) is 0 Å². The molecule has 12 heavy (non-hydrogen) atoms. The summed E-state index contributed by atoms with van der Waals surface area (Å²) in [6.45, 7) is 1.89. The zero-order valence-corrected chi connectivity index (χ0v) is 6.63. The number of carbonyl (C=O) groups is 1. The van der Waals surface area contributed by atoms with Gasteiger partial charge in [0.15, 0.2) is 5.69 Å². The summed E-state index contributed by atoms with van der Waals surface area (Å²) in [5.41, 5.74) is 8.05. The molecule has 0 aliphatic rings. The molecule has 5 N–H and O–H groups in total. The minimum Gasteiger partial charge on any atom is -0.361 e. The van der Waals surface area contributed by atoms with Crippen molar-refractivity contribution < 1.29 is 9.32 Å². The van der Waals surface area contributed by atoms with Crippen molar-refractivity contribution in [3.8, 4) is 0 Å². The number of carbonyl (C=O) groups excluding carboxylic acids is 1. The molecule has 0 radical (unpaired) electrons. The second kappa shape index (κ2) is 3.33. The zero-order valence-electron chi connectivity index (χ0n) is 6.63. The molecule has 6 heteroatoms. The Kier molecular flexibility index (Phi) is 2.41. The average Bonchev–Trinajstić information content (AvgIpc) is 2.45. The monoisotopic (exact) mass is 170 g/mol. The molecule has 0 aliphatic heterocycles. The lowest BCUT2D eigenvalue weighted by Crippen LogP contribution is -2.31. The van der Waals surface area contributed by atoms with Gasteiger partial charge in [-0.1, -0.05) is 5.16 Å². The topological polar surface area (TPSA) is 107 Å². The van der Waals surface area contributed by atoms with Crippen molar-refractivity contribution in [3.63, 3.8) is 0 Å². The highest BCUT2D eigenvalue weighted by atomic mass is 16.5. The number of aryl methyl sites for hydroxylation is 1. The van der Waals surface area contributed by atoms with Gasteiger partial charge < -0.3 is 10.3 Å². The van der Waals surface area contributed by atoms with E-state index in [0.29, 0.717) is 11.3 Å². The average molecular weight is 170 g/mol. The Bertz CT molecular complexity index is 294. The van der Waals surface area contributed by atoms with Gasteiger partial charge >= 0.3 is 0 Å². The second-order valence-corrected chi connectivity index (χ2v) is 2.24. The Hall–Kier alpha value is -1.40. The van der Waals surface area contributed by atoms with E-state index in [2.05, 4.69) is 5.16 Å². The van der Waals surface area contributed by atoms with Gasteiger partial charge in [0.1, 0.15) is 5.76 Å². The maximum atomic E-state index is 11.0. The number of hydrogen-bond acceptors (Lipinski definition) is 5. The summed E-state index contributed by atoms with van der Waals surface area (Å²) in [6.07, 6.45) is 0. The zero-order chi connectivity index (χ0) is 9.14.